The van der Waals surface area contributed by atoms with Crippen molar-refractivity contribution in [1.82, 2.24) is 5.32 Å². The Kier molecular flexibility index (Phi) is 5.78. The topological polar surface area (TPSA) is 75.3 Å². The quantitative estimate of drug-likeness (QED) is 0.502. The third-order valence-electron chi connectivity index (χ3n) is 1.45. The fourth-order valence-corrected chi connectivity index (χ4v) is 0.881. The van der Waals surface area contributed by atoms with Crippen LogP contribution in [0.5, 0.6) is 0 Å². The Morgan fingerprint density at radius 3 is 2.73 bits per heavy atom. The Bertz CT molecular complexity index is 117. The summed E-state index contributed by atoms with van der Waals surface area (Å²) < 4.78 is 0. The van der Waals surface area contributed by atoms with Crippen molar-refractivity contribution in [2.75, 3.05) is 13.1 Å². The van der Waals surface area contributed by atoms with Crippen LogP contribution in [0, 0.1) is 0 Å². The first kappa shape index (κ1) is 10.4. The number of rotatable bonds is 6. The van der Waals surface area contributed by atoms with Gasteiger partial charge in [0.05, 0.1) is 0 Å². The van der Waals surface area contributed by atoms with Gasteiger partial charge in [-0.05, 0) is 25.9 Å². The van der Waals surface area contributed by atoms with Crippen LogP contribution in [0.15, 0.2) is 0 Å². The third kappa shape index (κ3) is 4.75. The number of carboxylic acid groups (broad SMARTS) is 1. The van der Waals surface area contributed by atoms with Gasteiger partial charge in [-0.2, -0.15) is 0 Å². The first-order chi connectivity index (χ1) is 5.22. The van der Waals surface area contributed by atoms with E-state index in [9.17, 15) is 4.79 Å². The van der Waals surface area contributed by atoms with E-state index in [0.717, 1.165) is 6.42 Å². The maximum absolute atomic E-state index is 10.5. The van der Waals surface area contributed by atoms with E-state index in [4.69, 9.17) is 10.8 Å². The molecule has 0 aliphatic rings. The van der Waals surface area contributed by atoms with Crippen molar-refractivity contribution in [2.24, 2.45) is 5.73 Å². The normalized spacial score (nSPS) is 12.9. The minimum Gasteiger partial charge on any atom is -0.480 e. The Hall–Kier alpha value is -0.610. The molecule has 0 rings (SSSR count). The molecule has 0 spiro atoms. The second-order valence-corrected chi connectivity index (χ2v) is 2.38. The van der Waals surface area contributed by atoms with Crippen LogP contribution in [-0.4, -0.2) is 30.2 Å². The predicted octanol–water partition coefficient (Wildman–Crippen LogP) is -0.212. The molecule has 0 amide bonds. The van der Waals surface area contributed by atoms with Gasteiger partial charge in [0, 0.05) is 0 Å². The molecule has 0 aliphatic heterocycles. The smallest absolute Gasteiger partial charge is 0.320 e. The summed E-state index contributed by atoms with van der Waals surface area (Å²) in [6.07, 6.45) is 1.36. The number of nitrogens with two attached hydrogens (primary N) is 1. The van der Waals surface area contributed by atoms with Gasteiger partial charge < -0.3 is 16.2 Å². The molecule has 0 unspecified atom stereocenters. The summed E-state index contributed by atoms with van der Waals surface area (Å²) in [4.78, 5) is 10.5. The van der Waals surface area contributed by atoms with Gasteiger partial charge in [0.25, 0.3) is 0 Å². The van der Waals surface area contributed by atoms with Gasteiger partial charge in [0.15, 0.2) is 0 Å². The van der Waals surface area contributed by atoms with E-state index in [1.165, 1.54) is 0 Å². The van der Waals surface area contributed by atoms with Crippen LogP contribution < -0.4 is 11.1 Å². The molecule has 0 heterocycles. The molecule has 4 nitrogen and oxygen atoms in total. The Labute approximate surface area is 66.8 Å². The van der Waals surface area contributed by atoms with E-state index in [2.05, 4.69) is 5.32 Å². The number of nitrogens with one attached hydrogen (secondary N) is 1. The lowest BCUT2D eigenvalue weighted by molar-refractivity contribution is -0.139. The molecule has 4 N–H and O–H groups in total. The highest BCUT2D eigenvalue weighted by Crippen LogP contribution is 1.95. The molecule has 0 fully saturated rings. The van der Waals surface area contributed by atoms with Crippen molar-refractivity contribution in [3.05, 3.63) is 0 Å². The third-order valence-corrected chi connectivity index (χ3v) is 1.45. The summed E-state index contributed by atoms with van der Waals surface area (Å²) >= 11 is 0. The van der Waals surface area contributed by atoms with Crippen molar-refractivity contribution in [3.8, 4) is 0 Å². The van der Waals surface area contributed by atoms with Gasteiger partial charge in [0.2, 0.25) is 0 Å². The molecule has 0 aliphatic carbocycles. The Morgan fingerprint density at radius 1 is 1.73 bits per heavy atom. The highest BCUT2D eigenvalue weighted by atomic mass is 16.4. The van der Waals surface area contributed by atoms with Crippen LogP contribution in [0.1, 0.15) is 19.8 Å². The van der Waals surface area contributed by atoms with E-state index in [1.54, 1.807) is 0 Å². The van der Waals surface area contributed by atoms with E-state index in [0.29, 0.717) is 19.5 Å². The molecular formula is C7H16N2O2. The van der Waals surface area contributed by atoms with Crippen LogP contribution in [0.25, 0.3) is 0 Å². The van der Waals surface area contributed by atoms with E-state index in [1.807, 2.05) is 6.92 Å². The molecule has 0 aromatic carbocycles. The largest absolute Gasteiger partial charge is 0.480 e. The maximum Gasteiger partial charge on any atom is 0.320 e. The minimum absolute atomic E-state index is 0.427. The standard InChI is InChI=1S/C7H16N2O2/c1-2-9-6(7(10)11)4-3-5-8/h6,9H,2-5,8H2,1H3,(H,10,11)/t6-/m1/s1. The second kappa shape index (κ2) is 6.12. The van der Waals surface area contributed by atoms with Crippen molar-refractivity contribution in [3.63, 3.8) is 0 Å². The average molecular weight is 160 g/mol. The summed E-state index contributed by atoms with van der Waals surface area (Å²) in [7, 11) is 0. The van der Waals surface area contributed by atoms with Gasteiger partial charge >= 0.3 is 5.97 Å². The number of aliphatic carboxylic acids is 1. The van der Waals surface area contributed by atoms with Crippen LogP contribution in [0.3, 0.4) is 0 Å². The number of hydrogen-bond acceptors (Lipinski definition) is 3. The van der Waals surface area contributed by atoms with Gasteiger partial charge in [-0.15, -0.1) is 0 Å². The average Bonchev–Trinajstić information content (AvgIpc) is 1.97. The molecule has 0 radical (unpaired) electrons. The first-order valence-electron chi connectivity index (χ1n) is 3.88. The van der Waals surface area contributed by atoms with Crippen molar-refractivity contribution in [2.45, 2.75) is 25.8 Å². The zero-order valence-electron chi connectivity index (χ0n) is 6.84. The molecule has 0 aromatic rings. The minimum atomic E-state index is -0.791. The van der Waals surface area contributed by atoms with Gasteiger partial charge in [-0.1, -0.05) is 6.92 Å². The zero-order valence-corrected chi connectivity index (χ0v) is 6.84. The van der Waals surface area contributed by atoms with Crippen LogP contribution >= 0.6 is 0 Å². The summed E-state index contributed by atoms with van der Waals surface area (Å²) in [5.74, 6) is -0.791. The lowest BCUT2D eigenvalue weighted by atomic mass is 10.1. The van der Waals surface area contributed by atoms with E-state index >= 15 is 0 Å². The maximum atomic E-state index is 10.5. The Balaban J connectivity index is 3.60. The first-order valence-corrected chi connectivity index (χ1v) is 3.88. The van der Waals surface area contributed by atoms with Crippen molar-refractivity contribution < 1.29 is 9.90 Å². The Morgan fingerprint density at radius 2 is 2.36 bits per heavy atom. The lowest BCUT2D eigenvalue weighted by Crippen LogP contribution is -2.36. The molecule has 4 heteroatoms. The van der Waals surface area contributed by atoms with Crippen LogP contribution in [0.2, 0.25) is 0 Å². The fraction of sp³-hybridized carbons (Fsp3) is 0.857. The summed E-state index contributed by atoms with van der Waals surface area (Å²) in [5, 5.41) is 11.5. The molecule has 66 valence electrons. The molecule has 0 aromatic heterocycles. The zero-order chi connectivity index (χ0) is 8.69. The molecule has 1 atom stereocenters. The highest BCUT2D eigenvalue weighted by molar-refractivity contribution is 5.73. The molecule has 0 bridgehead atoms. The predicted molar refractivity (Wildman–Crippen MR) is 43.4 cm³/mol. The second-order valence-electron chi connectivity index (χ2n) is 2.38. The van der Waals surface area contributed by atoms with Crippen LogP contribution in [-0.2, 0) is 4.79 Å². The van der Waals surface area contributed by atoms with Gasteiger partial charge in [-0.25, -0.2) is 0 Å². The summed E-state index contributed by atoms with van der Waals surface area (Å²) in [6, 6.07) is -0.427. The molecule has 0 saturated heterocycles. The van der Waals surface area contributed by atoms with Gasteiger partial charge in [0.1, 0.15) is 6.04 Å². The number of carbonyl (C=O) groups is 1. The fourth-order valence-electron chi connectivity index (χ4n) is 0.881. The lowest BCUT2D eigenvalue weighted by Gasteiger charge is -2.11. The van der Waals surface area contributed by atoms with Crippen LogP contribution in [0.4, 0.5) is 0 Å². The molecular weight excluding hydrogens is 144 g/mol. The summed E-state index contributed by atoms with van der Waals surface area (Å²) in [5.41, 5.74) is 5.25. The SMILES string of the molecule is CCN[C@H](CCCN)C(=O)O. The monoisotopic (exact) mass is 160 g/mol. The van der Waals surface area contributed by atoms with Gasteiger partial charge in [-0.3, -0.25) is 4.79 Å². The number of likely N-dealkylation sites (N-methyl/N-ethyl adjacent to an activating group) is 1. The van der Waals surface area contributed by atoms with E-state index in [-0.39, 0.29) is 0 Å². The molecule has 0 saturated carbocycles. The number of carboxylic acids is 1. The van der Waals surface area contributed by atoms with Crippen molar-refractivity contribution >= 4 is 5.97 Å². The highest BCUT2D eigenvalue weighted by Gasteiger charge is 2.13. The number of hydrogen-bond donors (Lipinski definition) is 3. The van der Waals surface area contributed by atoms with E-state index < -0.39 is 12.0 Å². The van der Waals surface area contributed by atoms with Crippen molar-refractivity contribution in [1.29, 1.82) is 0 Å². The molecule has 11 heavy (non-hydrogen) atoms. The summed E-state index contributed by atoms with van der Waals surface area (Å²) in [6.45, 7) is 3.12.